The molecule has 0 saturated heterocycles. The van der Waals surface area contributed by atoms with E-state index < -0.39 is 0 Å². The lowest BCUT2D eigenvalue weighted by molar-refractivity contribution is 0.669. The second-order valence-corrected chi connectivity index (χ2v) is 13.0. The van der Waals surface area contributed by atoms with Gasteiger partial charge in [0.05, 0.1) is 22.1 Å². The fourth-order valence-electron chi connectivity index (χ4n) is 7.23. The van der Waals surface area contributed by atoms with Crippen molar-refractivity contribution in [3.05, 3.63) is 84.9 Å². The van der Waals surface area contributed by atoms with Crippen molar-refractivity contribution in [3.8, 4) is 39.9 Å². The highest BCUT2D eigenvalue weighted by Gasteiger charge is 2.24. The van der Waals surface area contributed by atoms with Crippen molar-refractivity contribution in [1.82, 2.24) is 19.5 Å². The van der Waals surface area contributed by atoms with Gasteiger partial charge in [-0.3, -0.25) is 0 Å². The third kappa shape index (κ3) is 4.97. The molecular formula is C39H14B10N4O. The van der Waals surface area contributed by atoms with E-state index in [9.17, 15) is 0 Å². The number of hydrogen-bond donors (Lipinski definition) is 0. The second kappa shape index (κ2) is 12.6. The van der Waals surface area contributed by atoms with Crippen LogP contribution in [0.15, 0.2) is 89.3 Å². The van der Waals surface area contributed by atoms with E-state index >= 15 is 0 Å². The van der Waals surface area contributed by atoms with E-state index in [-0.39, 0.29) is 83.2 Å². The van der Waals surface area contributed by atoms with Crippen molar-refractivity contribution in [2.75, 3.05) is 0 Å². The van der Waals surface area contributed by atoms with E-state index in [4.69, 9.17) is 97.8 Å². The maximum atomic E-state index is 6.54. The van der Waals surface area contributed by atoms with Gasteiger partial charge in [-0.05, 0) is 30.3 Å². The molecule has 5 nitrogen and oxygen atoms in total. The summed E-state index contributed by atoms with van der Waals surface area (Å²) >= 11 is 0. The van der Waals surface area contributed by atoms with Gasteiger partial charge in [0.2, 0.25) is 0 Å². The fourth-order valence-corrected chi connectivity index (χ4v) is 7.23. The Hall–Kier alpha value is -5.42. The zero-order valence-corrected chi connectivity index (χ0v) is 28.6. The highest BCUT2D eigenvalue weighted by atomic mass is 16.3. The Balaban J connectivity index is 1.42. The van der Waals surface area contributed by atoms with Gasteiger partial charge < -0.3 is 8.98 Å². The maximum absolute atomic E-state index is 6.54. The minimum atomic E-state index is -0.000662. The number of hydrogen-bond acceptors (Lipinski definition) is 4. The van der Waals surface area contributed by atoms with Crippen molar-refractivity contribution in [3.63, 3.8) is 0 Å². The molecule has 0 aliphatic rings. The molecule has 0 aliphatic heterocycles. The predicted octanol–water partition coefficient (Wildman–Crippen LogP) is -2.19. The number of benzene rings is 6. The highest BCUT2D eigenvalue weighted by Crippen LogP contribution is 2.40. The molecule has 6 aromatic carbocycles. The molecule has 0 fully saturated rings. The molecule has 0 N–H and O–H groups in total. The van der Waals surface area contributed by atoms with Crippen LogP contribution in [-0.2, 0) is 0 Å². The van der Waals surface area contributed by atoms with Gasteiger partial charge >= 0.3 is 0 Å². The monoisotopic (exact) mass is 664 g/mol. The standard InChI is InChI=1S/C39H14B10N4O/c40-27-25(28(41)32(45)35(48)31(27)44)38-50-37(51-39(52-38)26-29(42)33(46)36(49)34(47)30(26)43)15-13-21(24-18-9-3-6-12-22(18)54-23(24)14-15)53-19-10-4-1-7-16(19)17-8-2-5-11-20(17)53/h1-14H. The number of aromatic nitrogens is 4. The number of fused-ring (bicyclic) bond motifs is 6. The third-order valence-corrected chi connectivity index (χ3v) is 10.0. The molecule has 0 aliphatic carbocycles. The van der Waals surface area contributed by atoms with Crippen molar-refractivity contribution in [2.45, 2.75) is 0 Å². The van der Waals surface area contributed by atoms with Gasteiger partial charge in [0, 0.05) is 32.8 Å². The largest absolute Gasteiger partial charge is 0.456 e. The zero-order valence-electron chi connectivity index (χ0n) is 28.6. The maximum Gasteiger partial charge on any atom is 0.164 e. The Morgan fingerprint density at radius 2 is 0.815 bits per heavy atom. The SMILES string of the molecule is [B]c1c([B])c([B])c(-c2nc(-c3cc(-n4c5ccccc5c5ccccc54)c4c(c3)oc3ccccc34)nc(-c3c([B])c([B])c([B])c([B])c3[B])n2)c([B])c1[B]. The molecule has 9 aromatic rings. The lowest BCUT2D eigenvalue weighted by Gasteiger charge is -2.23. The summed E-state index contributed by atoms with van der Waals surface area (Å²) in [7, 11) is 63.6. The molecule has 0 spiro atoms. The molecule has 9 rings (SSSR count). The normalized spacial score (nSPS) is 11.7. The minimum Gasteiger partial charge on any atom is -0.456 e. The van der Waals surface area contributed by atoms with Crippen LogP contribution in [0.2, 0.25) is 0 Å². The first-order valence-corrected chi connectivity index (χ1v) is 16.7. The second-order valence-electron chi connectivity index (χ2n) is 13.0. The average molecular weight is 663 g/mol. The van der Waals surface area contributed by atoms with Crippen LogP contribution >= 0.6 is 0 Å². The topological polar surface area (TPSA) is 56.7 Å². The van der Waals surface area contributed by atoms with Gasteiger partial charge in [0.1, 0.15) is 89.6 Å². The van der Waals surface area contributed by atoms with Crippen molar-refractivity contribution in [2.24, 2.45) is 0 Å². The van der Waals surface area contributed by atoms with Gasteiger partial charge in [-0.15, -0.1) is 32.8 Å². The molecule has 0 saturated carbocycles. The van der Waals surface area contributed by atoms with Gasteiger partial charge in [-0.2, -0.15) is 0 Å². The van der Waals surface area contributed by atoms with Crippen LogP contribution in [0.1, 0.15) is 0 Å². The van der Waals surface area contributed by atoms with Gasteiger partial charge in [0.25, 0.3) is 0 Å². The van der Waals surface area contributed by atoms with Gasteiger partial charge in [-0.25, -0.2) is 15.0 Å². The summed E-state index contributed by atoms with van der Waals surface area (Å²) < 4.78 is 8.72. The summed E-state index contributed by atoms with van der Waals surface area (Å²) in [4.78, 5) is 14.6. The molecule has 15 heteroatoms. The van der Waals surface area contributed by atoms with E-state index in [2.05, 4.69) is 28.8 Å². The fraction of sp³-hybridized carbons (Fsp3) is 0. The quantitative estimate of drug-likeness (QED) is 0.201. The van der Waals surface area contributed by atoms with Crippen LogP contribution < -0.4 is 54.6 Å². The van der Waals surface area contributed by atoms with E-state index in [0.29, 0.717) is 16.7 Å². The number of para-hydroxylation sites is 3. The lowest BCUT2D eigenvalue weighted by atomic mass is 9.60. The molecule has 226 valence electrons. The number of nitrogens with zero attached hydrogens (tertiary/aromatic N) is 4. The Morgan fingerprint density at radius 3 is 1.31 bits per heavy atom. The molecule has 54 heavy (non-hydrogen) atoms. The first-order chi connectivity index (χ1) is 26.0. The van der Waals surface area contributed by atoms with Gasteiger partial charge in [0.15, 0.2) is 17.5 Å². The summed E-state index contributed by atoms with van der Waals surface area (Å²) in [5, 5.41) is 3.97. The van der Waals surface area contributed by atoms with Crippen LogP contribution in [0.4, 0.5) is 0 Å². The third-order valence-electron chi connectivity index (χ3n) is 10.0. The summed E-state index contributed by atoms with van der Waals surface area (Å²) in [5.41, 5.74) is 5.01. The molecule has 0 amide bonds. The Labute approximate surface area is 324 Å². The molecule has 0 bridgehead atoms. The first-order valence-electron chi connectivity index (χ1n) is 16.7. The lowest BCUT2D eigenvalue weighted by Crippen LogP contribution is -2.55. The highest BCUT2D eigenvalue weighted by molar-refractivity contribution is 6.69. The average Bonchev–Trinajstić information content (AvgIpc) is 3.73. The number of furan rings is 1. The summed E-state index contributed by atoms with van der Waals surface area (Å²) in [6, 6.07) is 28.1. The van der Waals surface area contributed by atoms with Crippen LogP contribution in [0.5, 0.6) is 0 Å². The predicted molar refractivity (Wildman–Crippen MR) is 232 cm³/mol. The van der Waals surface area contributed by atoms with E-state index in [1.165, 1.54) is 0 Å². The molecule has 3 aromatic heterocycles. The van der Waals surface area contributed by atoms with Crippen molar-refractivity contribution < 1.29 is 4.42 Å². The molecular weight excluding hydrogens is 649 g/mol. The van der Waals surface area contributed by atoms with Crippen LogP contribution in [0.25, 0.3) is 83.6 Å². The van der Waals surface area contributed by atoms with E-state index in [0.717, 1.165) is 38.3 Å². The molecule has 0 unspecified atom stereocenters. The summed E-state index contributed by atoms with van der Waals surface area (Å²) in [5.74, 6) is 0.165. The van der Waals surface area contributed by atoms with Crippen molar-refractivity contribution >= 4 is 177 Å². The van der Waals surface area contributed by atoms with Crippen LogP contribution in [0.3, 0.4) is 0 Å². The van der Waals surface area contributed by atoms with E-state index in [1.54, 1.807) is 0 Å². The van der Waals surface area contributed by atoms with Crippen molar-refractivity contribution in [1.29, 1.82) is 0 Å². The smallest absolute Gasteiger partial charge is 0.164 e. The Bertz CT molecular complexity index is 2880. The summed E-state index contributed by atoms with van der Waals surface area (Å²) in [6.07, 6.45) is 0. The zero-order chi connectivity index (χ0) is 37.7. The van der Waals surface area contributed by atoms with Crippen LogP contribution in [0, 0.1) is 0 Å². The first kappa shape index (κ1) is 34.4. The Kier molecular flexibility index (Phi) is 8.00. The molecule has 0 atom stereocenters. The minimum absolute atomic E-state index is 0.000662. The molecule has 20 radical (unpaired) electrons. The van der Waals surface area contributed by atoms with Crippen LogP contribution in [-0.4, -0.2) is 98.0 Å². The molecule has 3 heterocycles. The van der Waals surface area contributed by atoms with E-state index in [1.807, 2.05) is 60.7 Å². The van der Waals surface area contributed by atoms with Gasteiger partial charge in [-0.1, -0.05) is 76.4 Å². The Morgan fingerprint density at radius 1 is 0.407 bits per heavy atom. The summed E-state index contributed by atoms with van der Waals surface area (Å²) in [6.45, 7) is 0. The number of rotatable bonds is 4.